The first-order chi connectivity index (χ1) is 11.5. The molecule has 0 unspecified atom stereocenters. The quantitative estimate of drug-likeness (QED) is 0.834. The number of nitrogens with one attached hydrogen (secondary N) is 1. The van der Waals surface area contributed by atoms with Crippen LogP contribution in [0.15, 0.2) is 0 Å². The molecule has 7 heteroatoms. The van der Waals surface area contributed by atoms with Crippen LogP contribution in [0.1, 0.15) is 47.0 Å². The van der Waals surface area contributed by atoms with Crippen molar-refractivity contribution in [2.24, 2.45) is 11.3 Å². The summed E-state index contributed by atoms with van der Waals surface area (Å²) in [5.74, 6) is -1.36. The number of alkyl halides is 3. The van der Waals surface area contributed by atoms with E-state index in [2.05, 4.69) is 24.1 Å². The average molecular weight is 363 g/mol. The Balaban J connectivity index is 1.78. The number of halogens is 3. The Labute approximate surface area is 149 Å². The van der Waals surface area contributed by atoms with Gasteiger partial charge in [-0.25, -0.2) is 0 Å². The molecule has 1 N–H and O–H groups in total. The first-order valence-corrected chi connectivity index (χ1v) is 9.31. The fourth-order valence-electron chi connectivity index (χ4n) is 4.25. The van der Waals surface area contributed by atoms with Gasteiger partial charge in [0.25, 0.3) is 0 Å². The van der Waals surface area contributed by atoms with E-state index in [9.17, 15) is 18.0 Å². The van der Waals surface area contributed by atoms with E-state index in [1.807, 2.05) is 4.90 Å². The Morgan fingerprint density at radius 2 is 1.76 bits per heavy atom. The van der Waals surface area contributed by atoms with Crippen LogP contribution in [0.3, 0.4) is 0 Å². The molecule has 0 aromatic carbocycles. The van der Waals surface area contributed by atoms with Gasteiger partial charge in [0.05, 0.1) is 12.5 Å². The molecule has 2 heterocycles. The van der Waals surface area contributed by atoms with Crippen LogP contribution in [0.2, 0.25) is 0 Å². The van der Waals surface area contributed by atoms with Gasteiger partial charge in [-0.3, -0.25) is 9.69 Å². The van der Waals surface area contributed by atoms with Crippen LogP contribution >= 0.6 is 0 Å². The predicted molar refractivity (Wildman–Crippen MR) is 92.3 cm³/mol. The number of amides is 1. The van der Waals surface area contributed by atoms with Crippen LogP contribution in [-0.4, -0.2) is 66.7 Å². The molecule has 0 radical (unpaired) electrons. The van der Waals surface area contributed by atoms with Crippen molar-refractivity contribution in [1.82, 2.24) is 15.1 Å². The van der Waals surface area contributed by atoms with E-state index in [0.717, 1.165) is 25.9 Å². The van der Waals surface area contributed by atoms with Crippen LogP contribution in [0, 0.1) is 11.3 Å². The summed E-state index contributed by atoms with van der Waals surface area (Å²) < 4.78 is 39.4. The van der Waals surface area contributed by atoms with Gasteiger partial charge in [-0.2, -0.15) is 13.2 Å². The number of likely N-dealkylation sites (tertiary alicyclic amines) is 2. The van der Waals surface area contributed by atoms with Crippen LogP contribution < -0.4 is 5.32 Å². The number of nitrogens with zero attached hydrogens (tertiary/aromatic N) is 2. The van der Waals surface area contributed by atoms with E-state index in [0.29, 0.717) is 19.1 Å². The third-order valence-corrected chi connectivity index (χ3v) is 5.70. The fourth-order valence-corrected chi connectivity index (χ4v) is 4.25. The second-order valence-electron chi connectivity index (χ2n) is 8.55. The Morgan fingerprint density at radius 1 is 1.16 bits per heavy atom. The fraction of sp³-hybridized carbons (Fsp3) is 0.944. The molecule has 1 atom stereocenters. The Hall–Kier alpha value is -0.820. The van der Waals surface area contributed by atoms with E-state index >= 15 is 0 Å². The van der Waals surface area contributed by atoms with Crippen LogP contribution in [-0.2, 0) is 4.79 Å². The second-order valence-corrected chi connectivity index (χ2v) is 8.55. The van der Waals surface area contributed by atoms with Crippen molar-refractivity contribution in [1.29, 1.82) is 0 Å². The molecule has 2 aliphatic heterocycles. The number of hydrogen-bond donors (Lipinski definition) is 1. The predicted octanol–water partition coefficient (Wildman–Crippen LogP) is 2.89. The average Bonchev–Trinajstić information content (AvgIpc) is 2.45. The number of carbonyl (C=O) groups excluding carboxylic acids is 1. The standard InChI is InChI=1S/C18H32F3N3O/c1-13(2)24-9-5-14(6-10-24)22-16(25)11-23-8-7-15(18(19,20)21)17(3,4)12-23/h13-15H,5-12H2,1-4H3,(H,22,25)/t15-/m1/s1. The lowest BCUT2D eigenvalue weighted by Gasteiger charge is -2.44. The summed E-state index contributed by atoms with van der Waals surface area (Å²) in [6.45, 7) is 10.4. The van der Waals surface area contributed by atoms with E-state index in [1.54, 1.807) is 13.8 Å². The molecule has 25 heavy (non-hydrogen) atoms. The lowest BCUT2D eigenvalue weighted by atomic mass is 9.73. The molecule has 2 rings (SSSR count). The number of hydrogen-bond acceptors (Lipinski definition) is 3. The van der Waals surface area contributed by atoms with Crippen molar-refractivity contribution in [3.8, 4) is 0 Å². The van der Waals surface area contributed by atoms with Gasteiger partial charge in [-0.15, -0.1) is 0 Å². The van der Waals surface area contributed by atoms with Gasteiger partial charge in [0.15, 0.2) is 0 Å². The molecule has 0 aromatic heterocycles. The zero-order chi connectivity index (χ0) is 18.8. The molecule has 0 bridgehead atoms. The summed E-state index contributed by atoms with van der Waals surface area (Å²) >= 11 is 0. The minimum atomic E-state index is -4.16. The van der Waals surface area contributed by atoms with Gasteiger partial charge in [-0.1, -0.05) is 13.8 Å². The van der Waals surface area contributed by atoms with Crippen molar-refractivity contribution in [3.63, 3.8) is 0 Å². The lowest BCUT2D eigenvalue weighted by molar-refractivity contribution is -0.216. The topological polar surface area (TPSA) is 35.6 Å². The van der Waals surface area contributed by atoms with E-state index in [-0.39, 0.29) is 24.9 Å². The maximum atomic E-state index is 13.1. The van der Waals surface area contributed by atoms with E-state index in [1.165, 1.54) is 0 Å². The zero-order valence-corrected chi connectivity index (χ0v) is 15.8. The van der Waals surface area contributed by atoms with Gasteiger partial charge in [-0.05, 0) is 45.1 Å². The summed E-state index contributed by atoms with van der Waals surface area (Å²) in [5.41, 5.74) is -0.862. The molecule has 2 aliphatic rings. The Kier molecular flexibility index (Phi) is 6.41. The highest BCUT2D eigenvalue weighted by Gasteiger charge is 2.51. The third-order valence-electron chi connectivity index (χ3n) is 5.70. The van der Waals surface area contributed by atoms with Crippen molar-refractivity contribution in [3.05, 3.63) is 0 Å². The van der Waals surface area contributed by atoms with E-state index in [4.69, 9.17) is 0 Å². The molecule has 4 nitrogen and oxygen atoms in total. The summed E-state index contributed by atoms with van der Waals surface area (Å²) in [5, 5.41) is 3.06. The van der Waals surface area contributed by atoms with Gasteiger partial charge < -0.3 is 10.2 Å². The van der Waals surface area contributed by atoms with Crippen molar-refractivity contribution < 1.29 is 18.0 Å². The molecule has 1 amide bonds. The number of piperidine rings is 2. The molecular formula is C18H32F3N3O. The molecule has 0 spiro atoms. The van der Waals surface area contributed by atoms with Crippen molar-refractivity contribution in [2.75, 3.05) is 32.7 Å². The largest absolute Gasteiger partial charge is 0.392 e. The van der Waals surface area contributed by atoms with Crippen LogP contribution in [0.25, 0.3) is 0 Å². The highest BCUT2D eigenvalue weighted by molar-refractivity contribution is 5.78. The molecular weight excluding hydrogens is 331 g/mol. The maximum Gasteiger partial charge on any atom is 0.392 e. The summed E-state index contributed by atoms with van der Waals surface area (Å²) in [6.07, 6.45) is -2.23. The van der Waals surface area contributed by atoms with Gasteiger partial charge in [0.2, 0.25) is 5.91 Å². The second kappa shape index (κ2) is 7.82. The lowest BCUT2D eigenvalue weighted by Crippen LogP contribution is -2.54. The molecule has 146 valence electrons. The Bertz CT molecular complexity index is 457. The zero-order valence-electron chi connectivity index (χ0n) is 15.8. The minimum Gasteiger partial charge on any atom is -0.352 e. The van der Waals surface area contributed by atoms with Crippen molar-refractivity contribution >= 4 is 5.91 Å². The summed E-state index contributed by atoms with van der Waals surface area (Å²) in [7, 11) is 0. The van der Waals surface area contributed by atoms with Gasteiger partial charge in [0.1, 0.15) is 0 Å². The highest BCUT2D eigenvalue weighted by Crippen LogP contribution is 2.44. The maximum absolute atomic E-state index is 13.1. The Morgan fingerprint density at radius 3 is 2.24 bits per heavy atom. The molecule has 2 fully saturated rings. The van der Waals surface area contributed by atoms with Crippen LogP contribution in [0.5, 0.6) is 0 Å². The highest BCUT2D eigenvalue weighted by atomic mass is 19.4. The third kappa shape index (κ3) is 5.58. The summed E-state index contributed by atoms with van der Waals surface area (Å²) in [4.78, 5) is 16.6. The van der Waals surface area contributed by atoms with E-state index < -0.39 is 17.5 Å². The first-order valence-electron chi connectivity index (χ1n) is 9.31. The normalized spacial score (nSPS) is 26.8. The smallest absolute Gasteiger partial charge is 0.352 e. The molecule has 0 aliphatic carbocycles. The van der Waals surface area contributed by atoms with Crippen LogP contribution in [0.4, 0.5) is 13.2 Å². The molecule has 0 aromatic rings. The minimum absolute atomic E-state index is 0.0655. The molecule has 2 saturated heterocycles. The van der Waals surface area contributed by atoms with Gasteiger partial charge >= 0.3 is 6.18 Å². The number of rotatable bonds is 4. The molecule has 0 saturated carbocycles. The number of carbonyl (C=O) groups is 1. The summed E-state index contributed by atoms with van der Waals surface area (Å²) in [6, 6.07) is 0.706. The first kappa shape index (κ1) is 20.5. The van der Waals surface area contributed by atoms with Crippen molar-refractivity contribution in [2.45, 2.75) is 65.2 Å². The van der Waals surface area contributed by atoms with Gasteiger partial charge in [0, 0.05) is 31.7 Å². The monoisotopic (exact) mass is 363 g/mol. The SMILES string of the molecule is CC(C)N1CCC(NC(=O)CN2CC[C@@H](C(F)(F)F)C(C)(C)C2)CC1.